The molecule has 0 bridgehead atoms. The standard InChI is InChI=1S/C18H16FN3O3S2/c1-25-11-6-7-14-15(8-11)27-18(21-14)22-17(24)10-26-9-16(23)20-13-5-3-2-4-12(13)19/h2-8H,9-10H2,1H3,(H,20,23)(H,21,22,24). The average molecular weight is 405 g/mol. The fourth-order valence-corrected chi connectivity index (χ4v) is 3.75. The van der Waals surface area contributed by atoms with E-state index in [9.17, 15) is 14.0 Å². The van der Waals surface area contributed by atoms with Crippen LogP contribution in [0.25, 0.3) is 10.2 Å². The highest BCUT2D eigenvalue weighted by atomic mass is 32.2. The summed E-state index contributed by atoms with van der Waals surface area (Å²) in [4.78, 5) is 28.2. The molecule has 0 spiro atoms. The minimum absolute atomic E-state index is 0.0405. The Bertz CT molecular complexity index is 977. The Morgan fingerprint density at radius 3 is 2.63 bits per heavy atom. The third-order valence-corrected chi connectivity index (χ3v) is 5.32. The summed E-state index contributed by atoms with van der Waals surface area (Å²) in [6, 6.07) is 11.4. The van der Waals surface area contributed by atoms with Gasteiger partial charge in [-0.2, -0.15) is 0 Å². The molecule has 0 saturated carbocycles. The number of hydrogen-bond acceptors (Lipinski definition) is 6. The number of rotatable bonds is 7. The van der Waals surface area contributed by atoms with Crippen LogP contribution in [-0.2, 0) is 9.59 Å². The zero-order valence-electron chi connectivity index (χ0n) is 14.3. The molecular formula is C18H16FN3O3S2. The number of carbonyl (C=O) groups is 2. The zero-order valence-corrected chi connectivity index (χ0v) is 16.0. The summed E-state index contributed by atoms with van der Waals surface area (Å²) in [6.45, 7) is 0. The molecule has 0 aliphatic carbocycles. The van der Waals surface area contributed by atoms with Gasteiger partial charge in [-0.15, -0.1) is 11.8 Å². The van der Waals surface area contributed by atoms with Gasteiger partial charge in [0.25, 0.3) is 0 Å². The Kier molecular flexibility index (Phi) is 6.25. The van der Waals surface area contributed by atoms with E-state index in [1.807, 2.05) is 12.1 Å². The first-order valence-electron chi connectivity index (χ1n) is 7.91. The zero-order chi connectivity index (χ0) is 19.2. The van der Waals surface area contributed by atoms with Crippen molar-refractivity contribution >= 4 is 55.9 Å². The Morgan fingerprint density at radius 1 is 1.15 bits per heavy atom. The maximum absolute atomic E-state index is 13.5. The SMILES string of the molecule is COc1ccc2nc(NC(=O)CSCC(=O)Nc3ccccc3F)sc2c1. The van der Waals surface area contributed by atoms with Crippen molar-refractivity contribution in [2.45, 2.75) is 0 Å². The predicted molar refractivity (Wildman–Crippen MR) is 107 cm³/mol. The van der Waals surface area contributed by atoms with Crippen LogP contribution in [0, 0.1) is 5.82 Å². The Morgan fingerprint density at radius 2 is 1.89 bits per heavy atom. The third kappa shape index (κ3) is 5.18. The van der Waals surface area contributed by atoms with Gasteiger partial charge in [-0.05, 0) is 30.3 Å². The monoisotopic (exact) mass is 405 g/mol. The molecule has 3 rings (SSSR count). The highest BCUT2D eigenvalue weighted by Crippen LogP contribution is 2.29. The number of thioether (sulfide) groups is 1. The van der Waals surface area contributed by atoms with Crippen LogP contribution in [0.1, 0.15) is 0 Å². The van der Waals surface area contributed by atoms with E-state index in [2.05, 4.69) is 15.6 Å². The highest BCUT2D eigenvalue weighted by molar-refractivity contribution is 8.00. The number of methoxy groups -OCH3 is 1. The van der Waals surface area contributed by atoms with Crippen molar-refractivity contribution in [3.63, 3.8) is 0 Å². The fraction of sp³-hybridized carbons (Fsp3) is 0.167. The van der Waals surface area contributed by atoms with Crippen LogP contribution in [0.2, 0.25) is 0 Å². The summed E-state index contributed by atoms with van der Waals surface area (Å²) in [6.07, 6.45) is 0. The lowest BCUT2D eigenvalue weighted by molar-refractivity contribution is -0.114. The lowest BCUT2D eigenvalue weighted by Gasteiger charge is -2.06. The van der Waals surface area contributed by atoms with Gasteiger partial charge in [0, 0.05) is 0 Å². The number of ether oxygens (including phenoxy) is 1. The van der Waals surface area contributed by atoms with Gasteiger partial charge in [-0.25, -0.2) is 9.37 Å². The molecular weight excluding hydrogens is 389 g/mol. The van der Waals surface area contributed by atoms with Crippen LogP contribution >= 0.6 is 23.1 Å². The maximum atomic E-state index is 13.5. The lowest BCUT2D eigenvalue weighted by atomic mass is 10.3. The van der Waals surface area contributed by atoms with Crippen molar-refractivity contribution in [3.8, 4) is 5.75 Å². The summed E-state index contributed by atoms with van der Waals surface area (Å²) in [5, 5.41) is 5.68. The van der Waals surface area contributed by atoms with Crippen LogP contribution in [0.5, 0.6) is 5.75 Å². The van der Waals surface area contributed by atoms with Crippen molar-refractivity contribution < 1.29 is 18.7 Å². The molecule has 0 aliphatic rings. The maximum Gasteiger partial charge on any atom is 0.236 e. The number of aromatic nitrogens is 1. The molecule has 2 N–H and O–H groups in total. The van der Waals surface area contributed by atoms with Gasteiger partial charge >= 0.3 is 0 Å². The second kappa shape index (κ2) is 8.83. The number of fused-ring (bicyclic) bond motifs is 1. The van der Waals surface area contributed by atoms with Gasteiger partial charge in [0.1, 0.15) is 11.6 Å². The van der Waals surface area contributed by atoms with E-state index >= 15 is 0 Å². The van der Waals surface area contributed by atoms with Crippen molar-refractivity contribution in [3.05, 3.63) is 48.3 Å². The number of hydrogen-bond donors (Lipinski definition) is 2. The van der Waals surface area contributed by atoms with Gasteiger partial charge < -0.3 is 15.4 Å². The number of para-hydroxylation sites is 1. The molecule has 1 aromatic heterocycles. The summed E-state index contributed by atoms with van der Waals surface area (Å²) >= 11 is 2.48. The van der Waals surface area contributed by atoms with Crippen molar-refractivity contribution in [1.29, 1.82) is 0 Å². The molecule has 2 aromatic carbocycles. The van der Waals surface area contributed by atoms with E-state index in [1.54, 1.807) is 25.3 Å². The molecule has 3 aromatic rings. The van der Waals surface area contributed by atoms with E-state index in [0.717, 1.165) is 27.7 Å². The molecule has 6 nitrogen and oxygen atoms in total. The molecule has 0 fully saturated rings. The van der Waals surface area contributed by atoms with Gasteiger partial charge in [-0.3, -0.25) is 9.59 Å². The number of carbonyl (C=O) groups excluding carboxylic acids is 2. The molecule has 0 aliphatic heterocycles. The Hall–Kier alpha value is -2.65. The molecule has 27 heavy (non-hydrogen) atoms. The van der Waals surface area contributed by atoms with E-state index in [4.69, 9.17) is 4.74 Å². The lowest BCUT2D eigenvalue weighted by Crippen LogP contribution is -2.18. The molecule has 2 amide bonds. The summed E-state index contributed by atoms with van der Waals surface area (Å²) in [5.74, 6) is -0.279. The molecule has 0 radical (unpaired) electrons. The van der Waals surface area contributed by atoms with Crippen LogP contribution < -0.4 is 15.4 Å². The smallest absolute Gasteiger partial charge is 0.236 e. The Balaban J connectivity index is 1.47. The largest absolute Gasteiger partial charge is 0.497 e. The Labute approximate surface area is 163 Å². The van der Waals surface area contributed by atoms with Crippen LogP contribution in [-0.4, -0.2) is 35.4 Å². The molecule has 0 atom stereocenters. The second-order valence-corrected chi connectivity index (χ2v) is 7.44. The van der Waals surface area contributed by atoms with Gasteiger partial charge in [-0.1, -0.05) is 23.5 Å². The van der Waals surface area contributed by atoms with Crippen LogP contribution in [0.15, 0.2) is 42.5 Å². The van der Waals surface area contributed by atoms with Gasteiger partial charge in [0.15, 0.2) is 5.13 Å². The number of nitrogens with zero attached hydrogens (tertiary/aromatic N) is 1. The second-order valence-electron chi connectivity index (χ2n) is 5.42. The minimum Gasteiger partial charge on any atom is -0.497 e. The summed E-state index contributed by atoms with van der Waals surface area (Å²) in [7, 11) is 1.59. The predicted octanol–water partition coefficient (Wildman–Crippen LogP) is 3.75. The van der Waals surface area contributed by atoms with Crippen LogP contribution in [0.4, 0.5) is 15.2 Å². The number of anilines is 2. The average Bonchev–Trinajstić information content (AvgIpc) is 3.04. The number of benzene rings is 2. The first-order chi connectivity index (χ1) is 13.0. The molecule has 1 heterocycles. The van der Waals surface area contributed by atoms with E-state index in [0.29, 0.717) is 5.13 Å². The van der Waals surface area contributed by atoms with Gasteiger partial charge in [0.05, 0.1) is 34.5 Å². The normalized spacial score (nSPS) is 10.6. The number of thiazole rings is 1. The first-order valence-corrected chi connectivity index (χ1v) is 9.89. The first kappa shape index (κ1) is 19.1. The van der Waals surface area contributed by atoms with Crippen LogP contribution in [0.3, 0.4) is 0 Å². The van der Waals surface area contributed by atoms with E-state index in [-0.39, 0.29) is 29.0 Å². The van der Waals surface area contributed by atoms with Gasteiger partial charge in [0.2, 0.25) is 11.8 Å². The topological polar surface area (TPSA) is 80.3 Å². The van der Waals surface area contributed by atoms with E-state index < -0.39 is 5.82 Å². The van der Waals surface area contributed by atoms with Crippen molar-refractivity contribution in [2.75, 3.05) is 29.2 Å². The fourth-order valence-electron chi connectivity index (χ4n) is 2.23. The van der Waals surface area contributed by atoms with Crippen molar-refractivity contribution in [1.82, 2.24) is 4.98 Å². The third-order valence-electron chi connectivity index (χ3n) is 3.46. The summed E-state index contributed by atoms with van der Waals surface area (Å²) in [5.41, 5.74) is 0.894. The molecule has 0 saturated heterocycles. The quantitative estimate of drug-likeness (QED) is 0.626. The van der Waals surface area contributed by atoms with Crippen molar-refractivity contribution in [2.24, 2.45) is 0 Å². The number of amides is 2. The molecule has 140 valence electrons. The molecule has 9 heteroatoms. The number of halogens is 1. The molecule has 0 unspecified atom stereocenters. The van der Waals surface area contributed by atoms with E-state index in [1.165, 1.54) is 23.5 Å². The summed E-state index contributed by atoms with van der Waals surface area (Å²) < 4.78 is 19.5. The number of nitrogens with one attached hydrogen (secondary N) is 2. The highest BCUT2D eigenvalue weighted by Gasteiger charge is 2.11. The minimum atomic E-state index is -0.499.